The Labute approximate surface area is 201 Å². The van der Waals surface area contributed by atoms with Crippen LogP contribution in [0.15, 0.2) is 30.3 Å². The van der Waals surface area contributed by atoms with Crippen molar-refractivity contribution in [1.82, 2.24) is 15.5 Å². The molecule has 4 amide bonds. The summed E-state index contributed by atoms with van der Waals surface area (Å²) in [5.41, 5.74) is 1.87. The molecule has 0 aliphatic carbocycles. The van der Waals surface area contributed by atoms with Crippen LogP contribution in [0, 0.1) is 0 Å². The van der Waals surface area contributed by atoms with E-state index < -0.39 is 29.3 Å². The smallest absolute Gasteiger partial charge is 0.346 e. The number of rotatable bonds is 5. The lowest BCUT2D eigenvalue weighted by Crippen LogP contribution is -2.52. The highest BCUT2D eigenvalue weighted by Gasteiger charge is 2.42. The van der Waals surface area contributed by atoms with Crippen LogP contribution in [0.25, 0.3) is 0 Å². The van der Waals surface area contributed by atoms with Crippen molar-refractivity contribution in [3.05, 3.63) is 57.6 Å². The van der Waals surface area contributed by atoms with Gasteiger partial charge < -0.3 is 10.2 Å². The van der Waals surface area contributed by atoms with Crippen LogP contribution >= 0.6 is 11.6 Å². The quantitative estimate of drug-likeness (QED) is 0.421. The molecule has 0 saturated carbocycles. The van der Waals surface area contributed by atoms with Crippen LogP contribution < -0.4 is 21.6 Å². The Balaban J connectivity index is 1.46. The number of carbonyl (C=O) groups excluding carboxylic acids is 4. The third-order valence-electron chi connectivity index (χ3n) is 6.39. The van der Waals surface area contributed by atoms with E-state index in [1.807, 2.05) is 0 Å². The van der Waals surface area contributed by atoms with E-state index in [0.717, 1.165) is 6.07 Å². The van der Waals surface area contributed by atoms with Crippen molar-refractivity contribution in [2.24, 2.45) is 0 Å². The van der Waals surface area contributed by atoms with Crippen LogP contribution in [0.3, 0.4) is 0 Å². The lowest BCUT2D eigenvalue weighted by Gasteiger charge is -2.29. The second-order valence-corrected chi connectivity index (χ2v) is 8.90. The van der Waals surface area contributed by atoms with Gasteiger partial charge in [-0.2, -0.15) is 8.78 Å². The Morgan fingerprint density at radius 1 is 1.18 bits per heavy atom. The average Bonchev–Trinajstić information content (AvgIpc) is 3.11. The second-order valence-electron chi connectivity index (χ2n) is 8.49. The summed E-state index contributed by atoms with van der Waals surface area (Å²) >= 11 is 5.98. The summed E-state index contributed by atoms with van der Waals surface area (Å²) in [7, 11) is 3.10. The number of halogens is 3. The third kappa shape index (κ3) is 4.20. The highest BCUT2D eigenvalue weighted by Crippen LogP contribution is 2.29. The highest BCUT2D eigenvalue weighted by atomic mass is 35.5. The van der Waals surface area contributed by atoms with E-state index >= 15 is 0 Å². The van der Waals surface area contributed by atoms with Crippen molar-refractivity contribution >= 4 is 61.8 Å². The number of nitrogens with zero attached hydrogens (tertiary/aromatic N) is 1. The fraction of sp³-hybridized carbons (Fsp3) is 0.273. The maximum Gasteiger partial charge on any atom is 0.349 e. The molecule has 2 aliphatic rings. The van der Waals surface area contributed by atoms with Gasteiger partial charge in [0.2, 0.25) is 11.8 Å². The molecule has 1 unspecified atom stereocenters. The third-order valence-corrected chi connectivity index (χ3v) is 6.79. The Morgan fingerprint density at radius 3 is 2.62 bits per heavy atom. The predicted octanol–water partition coefficient (Wildman–Crippen LogP) is -0.974. The number of nitrogens with one attached hydrogen (secondary N) is 2. The molecule has 0 spiro atoms. The van der Waals surface area contributed by atoms with Gasteiger partial charge in [0.25, 0.3) is 11.8 Å². The van der Waals surface area contributed by atoms with Gasteiger partial charge >= 0.3 is 5.92 Å². The van der Waals surface area contributed by atoms with Gasteiger partial charge in [-0.05, 0) is 29.7 Å². The number of hydrogen-bond donors (Lipinski definition) is 2. The molecule has 2 aliphatic heterocycles. The van der Waals surface area contributed by atoms with Crippen LogP contribution in [-0.2, 0) is 33.4 Å². The number of amides is 4. The van der Waals surface area contributed by atoms with Gasteiger partial charge in [-0.25, -0.2) is 0 Å². The number of benzene rings is 2. The standard InChI is InChI=1S/C22H20B2ClF2N3O4/c23-17-13(3-4-14(25)18(17)24)22(26,27)21(34)28-8-10-1-2-12-11(7-10)9-30(20(12)33)15-5-6-16(31)29-19(15)32/h1-4,7,15H,5-6,8-9,23-24H2,(H,28,34)(H,29,31,32). The van der Waals surface area contributed by atoms with Crippen molar-refractivity contribution in [3.8, 4) is 0 Å². The first-order valence-electron chi connectivity index (χ1n) is 10.7. The molecule has 2 N–H and O–H groups in total. The normalized spacial score (nSPS) is 18.0. The first-order chi connectivity index (χ1) is 16.0. The molecule has 4 rings (SSSR count). The maximum atomic E-state index is 14.8. The SMILES string of the molecule is Bc1c(Cl)ccc(C(F)(F)C(=O)NCc2ccc3c(c2)CN(C2CCC(=O)NC2=O)C3=O)c1B. The zero-order valence-corrected chi connectivity index (χ0v) is 19.3. The molecule has 12 heteroatoms. The summed E-state index contributed by atoms with van der Waals surface area (Å²) in [4.78, 5) is 50.1. The van der Waals surface area contributed by atoms with Gasteiger partial charge in [-0.15, -0.1) is 0 Å². The molecule has 0 aromatic heterocycles. The lowest BCUT2D eigenvalue weighted by molar-refractivity contribution is -0.147. The van der Waals surface area contributed by atoms with Crippen LogP contribution in [-0.4, -0.2) is 50.3 Å². The molecule has 0 bridgehead atoms. The van der Waals surface area contributed by atoms with Crippen molar-refractivity contribution in [3.63, 3.8) is 0 Å². The minimum absolute atomic E-state index is 0.147. The minimum atomic E-state index is -3.76. The monoisotopic (exact) mass is 485 g/mol. The Hall–Kier alpha value is -3.20. The lowest BCUT2D eigenvalue weighted by atomic mass is 9.76. The predicted molar refractivity (Wildman–Crippen MR) is 126 cm³/mol. The fourth-order valence-corrected chi connectivity index (χ4v) is 4.49. The van der Waals surface area contributed by atoms with Gasteiger partial charge in [0.05, 0.1) is 0 Å². The summed E-state index contributed by atoms with van der Waals surface area (Å²) in [6.07, 6.45) is 0.390. The topological polar surface area (TPSA) is 95.6 Å². The molecule has 1 fully saturated rings. The van der Waals surface area contributed by atoms with Gasteiger partial charge in [-0.1, -0.05) is 40.7 Å². The average molecular weight is 485 g/mol. The summed E-state index contributed by atoms with van der Waals surface area (Å²) < 4.78 is 29.7. The van der Waals surface area contributed by atoms with E-state index in [9.17, 15) is 28.0 Å². The largest absolute Gasteiger partial charge is 0.349 e. The molecular weight excluding hydrogens is 465 g/mol. The van der Waals surface area contributed by atoms with Crippen molar-refractivity contribution < 1.29 is 28.0 Å². The summed E-state index contributed by atoms with van der Waals surface area (Å²) in [6, 6.07) is 6.51. The Morgan fingerprint density at radius 2 is 1.91 bits per heavy atom. The molecule has 2 aromatic rings. The molecule has 34 heavy (non-hydrogen) atoms. The molecule has 1 atom stereocenters. The molecule has 0 radical (unpaired) electrons. The molecule has 2 aromatic carbocycles. The van der Waals surface area contributed by atoms with E-state index in [4.69, 9.17) is 11.6 Å². The molecular formula is C22H20B2ClF2N3O4. The summed E-state index contributed by atoms with van der Waals surface area (Å²) in [5, 5.41) is 4.85. The first kappa shape index (κ1) is 23.9. The maximum absolute atomic E-state index is 14.8. The zero-order valence-electron chi connectivity index (χ0n) is 18.5. The van der Waals surface area contributed by atoms with E-state index in [-0.39, 0.29) is 43.2 Å². The molecule has 174 valence electrons. The van der Waals surface area contributed by atoms with Crippen molar-refractivity contribution in [1.29, 1.82) is 0 Å². The number of fused-ring (bicyclic) bond motifs is 1. The van der Waals surface area contributed by atoms with E-state index in [1.54, 1.807) is 26.0 Å². The van der Waals surface area contributed by atoms with Crippen LogP contribution in [0.1, 0.15) is 39.9 Å². The van der Waals surface area contributed by atoms with Gasteiger partial charge in [0, 0.05) is 35.7 Å². The number of imide groups is 1. The minimum Gasteiger partial charge on any atom is -0.346 e. The number of carbonyl (C=O) groups is 4. The van der Waals surface area contributed by atoms with E-state index in [0.29, 0.717) is 27.2 Å². The number of hydrogen-bond acceptors (Lipinski definition) is 4. The van der Waals surface area contributed by atoms with E-state index in [2.05, 4.69) is 10.6 Å². The first-order valence-corrected chi connectivity index (χ1v) is 11.1. The Kier molecular flexibility index (Phi) is 6.24. The van der Waals surface area contributed by atoms with Gasteiger partial charge in [0.1, 0.15) is 21.7 Å². The van der Waals surface area contributed by atoms with Crippen molar-refractivity contribution in [2.45, 2.75) is 37.9 Å². The van der Waals surface area contributed by atoms with Crippen molar-refractivity contribution in [2.75, 3.05) is 0 Å². The van der Waals surface area contributed by atoms with E-state index in [1.165, 1.54) is 18.8 Å². The van der Waals surface area contributed by atoms with Gasteiger partial charge in [-0.3, -0.25) is 24.5 Å². The van der Waals surface area contributed by atoms with Crippen LogP contribution in [0.2, 0.25) is 5.02 Å². The zero-order chi connectivity index (χ0) is 24.8. The molecule has 1 saturated heterocycles. The fourth-order valence-electron chi connectivity index (χ4n) is 4.28. The Bertz CT molecular complexity index is 1240. The molecule has 2 heterocycles. The van der Waals surface area contributed by atoms with Crippen LogP contribution in [0.4, 0.5) is 8.78 Å². The number of piperidine rings is 1. The summed E-state index contributed by atoms with van der Waals surface area (Å²) in [5.74, 6) is -6.42. The second kappa shape index (κ2) is 8.87. The van der Waals surface area contributed by atoms with Crippen LogP contribution in [0.5, 0.6) is 0 Å². The molecule has 7 nitrogen and oxygen atoms in total. The van der Waals surface area contributed by atoms with Gasteiger partial charge in [0.15, 0.2) is 0 Å². The summed E-state index contributed by atoms with van der Waals surface area (Å²) in [6.45, 7) is -0.0123. The highest BCUT2D eigenvalue weighted by molar-refractivity contribution is 6.55. The number of alkyl halides is 2.